The molecular formula is C12H24N2O2S. The van der Waals surface area contributed by atoms with Crippen LogP contribution in [0.4, 0.5) is 4.79 Å². The predicted octanol–water partition coefficient (Wildman–Crippen LogP) is 1.40. The molecule has 17 heavy (non-hydrogen) atoms. The van der Waals surface area contributed by atoms with Crippen LogP contribution >= 0.6 is 11.8 Å². The highest BCUT2D eigenvalue weighted by molar-refractivity contribution is 7.98. The van der Waals surface area contributed by atoms with Crippen LogP contribution in [-0.2, 0) is 0 Å². The van der Waals surface area contributed by atoms with E-state index in [1.165, 1.54) is 0 Å². The number of carbonyl (C=O) groups is 1. The number of likely N-dealkylation sites (tertiary alicyclic amines) is 1. The molecule has 1 heterocycles. The second kappa shape index (κ2) is 7.11. The lowest BCUT2D eigenvalue weighted by Crippen LogP contribution is -2.41. The Morgan fingerprint density at radius 1 is 1.59 bits per heavy atom. The van der Waals surface area contributed by atoms with Gasteiger partial charge in [0.15, 0.2) is 0 Å². The third-order valence-electron chi connectivity index (χ3n) is 3.25. The van der Waals surface area contributed by atoms with Crippen LogP contribution < -0.4 is 5.32 Å². The standard InChI is InChI=1S/C12H24N2O2S/c1-9(8-17-3)6-13-12(16)14-5-4-11(7-14)10(2)15/h9-11,15H,4-8H2,1-3H3,(H,13,16). The summed E-state index contributed by atoms with van der Waals surface area (Å²) in [7, 11) is 0. The van der Waals surface area contributed by atoms with Crippen LogP contribution in [0.5, 0.6) is 0 Å². The molecule has 0 aliphatic carbocycles. The zero-order chi connectivity index (χ0) is 12.8. The maximum absolute atomic E-state index is 11.8. The van der Waals surface area contributed by atoms with Gasteiger partial charge in [-0.05, 0) is 31.3 Å². The molecule has 2 amide bonds. The van der Waals surface area contributed by atoms with E-state index in [4.69, 9.17) is 0 Å². The highest BCUT2D eigenvalue weighted by Gasteiger charge is 2.28. The first-order valence-corrected chi connectivity index (χ1v) is 7.63. The van der Waals surface area contributed by atoms with Gasteiger partial charge in [0, 0.05) is 25.6 Å². The van der Waals surface area contributed by atoms with E-state index in [1.54, 1.807) is 18.7 Å². The third-order valence-corrected chi connectivity index (χ3v) is 4.15. The lowest BCUT2D eigenvalue weighted by atomic mass is 10.0. The van der Waals surface area contributed by atoms with Gasteiger partial charge in [-0.1, -0.05) is 6.92 Å². The maximum atomic E-state index is 11.8. The SMILES string of the molecule is CSCC(C)CNC(=O)N1CCC(C(C)O)C1. The molecule has 3 atom stereocenters. The van der Waals surface area contributed by atoms with Crippen molar-refractivity contribution in [2.24, 2.45) is 11.8 Å². The minimum absolute atomic E-state index is 0.0149. The van der Waals surface area contributed by atoms with Crippen LogP contribution in [0.1, 0.15) is 20.3 Å². The zero-order valence-electron chi connectivity index (χ0n) is 11.0. The number of aliphatic hydroxyl groups excluding tert-OH is 1. The number of hydrogen-bond donors (Lipinski definition) is 2. The van der Waals surface area contributed by atoms with Gasteiger partial charge in [0.1, 0.15) is 0 Å². The molecule has 1 rings (SSSR count). The Morgan fingerprint density at radius 3 is 2.82 bits per heavy atom. The summed E-state index contributed by atoms with van der Waals surface area (Å²) in [5.41, 5.74) is 0. The maximum Gasteiger partial charge on any atom is 0.317 e. The Labute approximate surface area is 108 Å². The average Bonchev–Trinajstić information content (AvgIpc) is 2.75. The number of nitrogens with zero attached hydrogens (tertiary/aromatic N) is 1. The molecule has 0 spiro atoms. The number of carbonyl (C=O) groups excluding carboxylic acids is 1. The fraction of sp³-hybridized carbons (Fsp3) is 0.917. The van der Waals surface area contributed by atoms with Gasteiger partial charge in [0.05, 0.1) is 6.10 Å². The normalized spacial score (nSPS) is 23.5. The summed E-state index contributed by atoms with van der Waals surface area (Å²) < 4.78 is 0. The molecule has 100 valence electrons. The molecule has 1 saturated heterocycles. The summed E-state index contributed by atoms with van der Waals surface area (Å²) in [6.45, 7) is 6.11. The second-order valence-corrected chi connectivity index (χ2v) is 5.89. The predicted molar refractivity (Wildman–Crippen MR) is 72.3 cm³/mol. The summed E-state index contributed by atoms with van der Waals surface area (Å²) in [6.07, 6.45) is 2.67. The third kappa shape index (κ3) is 4.76. The molecule has 1 fully saturated rings. The van der Waals surface area contributed by atoms with Gasteiger partial charge in [0.2, 0.25) is 0 Å². The molecule has 5 heteroatoms. The second-order valence-electron chi connectivity index (χ2n) is 4.98. The first kappa shape index (κ1) is 14.6. The minimum atomic E-state index is -0.316. The smallest absolute Gasteiger partial charge is 0.317 e. The number of amides is 2. The molecule has 0 aromatic heterocycles. The van der Waals surface area contributed by atoms with Crippen molar-refractivity contribution in [3.63, 3.8) is 0 Å². The Balaban J connectivity index is 2.25. The fourth-order valence-corrected chi connectivity index (χ4v) is 2.77. The molecule has 0 bridgehead atoms. The highest BCUT2D eigenvalue weighted by Crippen LogP contribution is 2.19. The van der Waals surface area contributed by atoms with E-state index in [0.29, 0.717) is 12.5 Å². The number of urea groups is 1. The Bertz CT molecular complexity index is 249. The van der Waals surface area contributed by atoms with Crippen LogP contribution in [0.25, 0.3) is 0 Å². The summed E-state index contributed by atoms with van der Waals surface area (Å²) in [5.74, 6) is 1.81. The van der Waals surface area contributed by atoms with Crippen molar-refractivity contribution in [1.29, 1.82) is 0 Å². The minimum Gasteiger partial charge on any atom is -0.393 e. The van der Waals surface area contributed by atoms with Crippen LogP contribution in [0, 0.1) is 11.8 Å². The average molecular weight is 260 g/mol. The summed E-state index contributed by atoms with van der Waals surface area (Å²) in [4.78, 5) is 13.7. The quantitative estimate of drug-likeness (QED) is 0.785. The van der Waals surface area contributed by atoms with E-state index in [1.807, 2.05) is 4.90 Å². The monoisotopic (exact) mass is 260 g/mol. The first-order chi connectivity index (χ1) is 8.04. The number of aliphatic hydroxyl groups is 1. The van der Waals surface area contributed by atoms with Crippen molar-refractivity contribution in [2.75, 3.05) is 31.6 Å². The van der Waals surface area contributed by atoms with Crippen molar-refractivity contribution in [2.45, 2.75) is 26.4 Å². The molecule has 2 N–H and O–H groups in total. The van der Waals surface area contributed by atoms with Gasteiger partial charge in [-0.3, -0.25) is 0 Å². The summed E-state index contributed by atoms with van der Waals surface area (Å²) in [5, 5.41) is 12.4. The van der Waals surface area contributed by atoms with E-state index < -0.39 is 0 Å². The molecule has 3 unspecified atom stereocenters. The molecule has 1 aliphatic heterocycles. The fourth-order valence-electron chi connectivity index (χ4n) is 2.08. The van der Waals surface area contributed by atoms with Gasteiger partial charge >= 0.3 is 6.03 Å². The molecule has 0 radical (unpaired) electrons. The van der Waals surface area contributed by atoms with Crippen molar-refractivity contribution < 1.29 is 9.90 Å². The number of hydrogen-bond acceptors (Lipinski definition) is 3. The molecule has 0 aromatic rings. The van der Waals surface area contributed by atoms with Crippen molar-refractivity contribution in [1.82, 2.24) is 10.2 Å². The van der Waals surface area contributed by atoms with Crippen LogP contribution in [0.15, 0.2) is 0 Å². The molecule has 1 aliphatic rings. The van der Waals surface area contributed by atoms with Gasteiger partial charge < -0.3 is 15.3 Å². The Kier molecular flexibility index (Phi) is 6.12. The Hall–Kier alpha value is -0.420. The van der Waals surface area contributed by atoms with Gasteiger partial charge in [0.25, 0.3) is 0 Å². The van der Waals surface area contributed by atoms with E-state index in [0.717, 1.165) is 25.3 Å². The van der Waals surface area contributed by atoms with Crippen LogP contribution in [-0.4, -0.2) is 53.8 Å². The van der Waals surface area contributed by atoms with Gasteiger partial charge in [-0.15, -0.1) is 0 Å². The number of rotatable bonds is 5. The van der Waals surface area contributed by atoms with Crippen molar-refractivity contribution in [3.8, 4) is 0 Å². The van der Waals surface area contributed by atoms with Crippen molar-refractivity contribution >= 4 is 17.8 Å². The van der Waals surface area contributed by atoms with Crippen molar-refractivity contribution in [3.05, 3.63) is 0 Å². The van der Waals surface area contributed by atoms with E-state index >= 15 is 0 Å². The zero-order valence-corrected chi connectivity index (χ0v) is 11.8. The van der Waals surface area contributed by atoms with E-state index in [2.05, 4.69) is 18.5 Å². The lowest BCUT2D eigenvalue weighted by molar-refractivity contribution is 0.129. The summed E-state index contributed by atoms with van der Waals surface area (Å²) >= 11 is 1.80. The molecule has 4 nitrogen and oxygen atoms in total. The topological polar surface area (TPSA) is 52.6 Å². The van der Waals surface area contributed by atoms with Crippen LogP contribution in [0.3, 0.4) is 0 Å². The van der Waals surface area contributed by atoms with Crippen LogP contribution in [0.2, 0.25) is 0 Å². The molecule has 0 saturated carbocycles. The lowest BCUT2D eigenvalue weighted by Gasteiger charge is -2.19. The highest BCUT2D eigenvalue weighted by atomic mass is 32.2. The number of thioether (sulfide) groups is 1. The number of nitrogens with one attached hydrogen (secondary N) is 1. The molecular weight excluding hydrogens is 236 g/mol. The summed E-state index contributed by atoms with van der Waals surface area (Å²) in [6, 6.07) is 0.0149. The van der Waals surface area contributed by atoms with E-state index in [-0.39, 0.29) is 18.1 Å². The van der Waals surface area contributed by atoms with Gasteiger partial charge in [-0.25, -0.2) is 4.79 Å². The van der Waals surface area contributed by atoms with Gasteiger partial charge in [-0.2, -0.15) is 11.8 Å². The molecule has 0 aromatic carbocycles. The van der Waals surface area contributed by atoms with E-state index in [9.17, 15) is 9.90 Å². The Morgan fingerprint density at radius 2 is 2.29 bits per heavy atom. The first-order valence-electron chi connectivity index (χ1n) is 6.24. The largest absolute Gasteiger partial charge is 0.393 e.